The number of fused-ring (bicyclic) bond motifs is 15. The molecule has 2 amide bonds. The van der Waals surface area contributed by atoms with Crippen LogP contribution in [0, 0.1) is 0 Å². The van der Waals surface area contributed by atoms with Crippen LogP contribution in [0.3, 0.4) is 0 Å². The Morgan fingerprint density at radius 3 is 1.27 bits per heavy atom. The van der Waals surface area contributed by atoms with Crippen LogP contribution in [-0.4, -0.2) is 101 Å². The largest absolute Gasteiger partial charge is 0.378 e. The monoisotopic (exact) mass is 316 g/mol. The summed E-state index contributed by atoms with van der Waals surface area (Å²) in [7, 11) is 0. The molecule has 8 nitrogen and oxygen atoms in total. The molecule has 0 atom stereocenters. The summed E-state index contributed by atoms with van der Waals surface area (Å²) in [4.78, 5) is 27.6. The molecule has 8 heteroatoms. The Bertz CT molecular complexity index is 319. The lowest BCUT2D eigenvalue weighted by Crippen LogP contribution is -2.42. The van der Waals surface area contributed by atoms with Gasteiger partial charge in [0.05, 0.1) is 39.6 Å². The van der Waals surface area contributed by atoms with Gasteiger partial charge in [-0.2, -0.15) is 0 Å². The Kier molecular flexibility index (Phi) is 7.58. The van der Waals surface area contributed by atoms with E-state index in [1.54, 1.807) is 9.80 Å². The molecule has 0 spiro atoms. The van der Waals surface area contributed by atoms with Crippen molar-refractivity contribution in [3.63, 3.8) is 0 Å². The number of ether oxygens (including phenoxy) is 4. The Labute approximate surface area is 130 Å². The van der Waals surface area contributed by atoms with Crippen molar-refractivity contribution < 1.29 is 28.5 Å². The van der Waals surface area contributed by atoms with Gasteiger partial charge in [0.25, 0.3) is 0 Å². The number of nitrogens with zero attached hydrogens (tertiary/aromatic N) is 2. The molecule has 3 rings (SSSR count). The third-order valence-corrected chi connectivity index (χ3v) is 3.55. The van der Waals surface area contributed by atoms with E-state index in [0.717, 1.165) is 0 Å². The van der Waals surface area contributed by atoms with E-state index in [4.69, 9.17) is 18.9 Å². The first kappa shape index (κ1) is 17.1. The smallest absolute Gasteiger partial charge is 0.248 e. The maximum Gasteiger partial charge on any atom is 0.248 e. The van der Waals surface area contributed by atoms with Gasteiger partial charge in [-0.1, -0.05) is 0 Å². The average molecular weight is 316 g/mol. The van der Waals surface area contributed by atoms with Crippen molar-refractivity contribution in [2.45, 2.75) is 0 Å². The fraction of sp³-hybridized carbons (Fsp3) is 0.857. The van der Waals surface area contributed by atoms with E-state index in [0.29, 0.717) is 65.8 Å². The molecule has 2 bridgehead atoms. The number of amides is 2. The topological polar surface area (TPSA) is 77.5 Å². The van der Waals surface area contributed by atoms with Crippen LogP contribution >= 0.6 is 0 Å². The predicted octanol–water partition coefficient (Wildman–Crippen LogP) is -1.26. The molecule has 126 valence electrons. The first-order valence-electron chi connectivity index (χ1n) is 7.64. The summed E-state index contributed by atoms with van der Waals surface area (Å²) in [5, 5.41) is 0. The molecule has 0 aromatic carbocycles. The fourth-order valence-corrected chi connectivity index (χ4v) is 2.24. The van der Waals surface area contributed by atoms with Crippen molar-refractivity contribution >= 4 is 11.8 Å². The van der Waals surface area contributed by atoms with Crippen molar-refractivity contribution in [2.24, 2.45) is 0 Å². The molecule has 3 heterocycles. The zero-order chi connectivity index (χ0) is 15.6. The normalized spacial score (nSPS) is 24.2. The Hall–Kier alpha value is -1.22. The van der Waals surface area contributed by atoms with Crippen molar-refractivity contribution in [3.05, 3.63) is 0 Å². The highest BCUT2D eigenvalue weighted by molar-refractivity contribution is 5.77. The fourth-order valence-electron chi connectivity index (χ4n) is 2.24. The molecule has 0 aromatic rings. The van der Waals surface area contributed by atoms with Gasteiger partial charge in [0.1, 0.15) is 13.2 Å². The summed E-state index contributed by atoms with van der Waals surface area (Å²) in [5.74, 6) is -0.173. The molecule has 22 heavy (non-hydrogen) atoms. The molecule has 3 aliphatic heterocycles. The van der Waals surface area contributed by atoms with Gasteiger partial charge in [0.2, 0.25) is 11.8 Å². The highest BCUT2D eigenvalue weighted by Crippen LogP contribution is 1.99. The van der Waals surface area contributed by atoms with Crippen molar-refractivity contribution in [3.8, 4) is 0 Å². The van der Waals surface area contributed by atoms with Gasteiger partial charge in [0, 0.05) is 26.2 Å². The second-order valence-corrected chi connectivity index (χ2v) is 5.09. The molecule has 0 saturated carbocycles. The third-order valence-electron chi connectivity index (χ3n) is 3.55. The number of hydrogen-bond donors (Lipinski definition) is 0. The Morgan fingerprint density at radius 1 is 0.545 bits per heavy atom. The number of rotatable bonds is 0. The van der Waals surface area contributed by atoms with Crippen LogP contribution in [0.5, 0.6) is 0 Å². The van der Waals surface area contributed by atoms with Crippen LogP contribution in [0.1, 0.15) is 0 Å². The van der Waals surface area contributed by atoms with E-state index in [9.17, 15) is 9.59 Å². The maximum absolute atomic E-state index is 12.1. The van der Waals surface area contributed by atoms with E-state index in [1.165, 1.54) is 0 Å². The summed E-state index contributed by atoms with van der Waals surface area (Å²) in [5.41, 5.74) is 0. The molecular formula is C14H24N2O6. The van der Waals surface area contributed by atoms with Gasteiger partial charge in [-0.25, -0.2) is 0 Å². The molecule has 0 aromatic heterocycles. The lowest BCUT2D eigenvalue weighted by atomic mass is 10.4. The molecule has 3 aliphatic rings. The minimum Gasteiger partial charge on any atom is -0.378 e. The molecule has 0 unspecified atom stereocenters. The summed E-state index contributed by atoms with van der Waals surface area (Å²) >= 11 is 0. The summed E-state index contributed by atoms with van der Waals surface area (Å²) in [6, 6.07) is 0. The summed E-state index contributed by atoms with van der Waals surface area (Å²) < 4.78 is 21.6. The lowest BCUT2D eigenvalue weighted by Gasteiger charge is -2.26. The van der Waals surface area contributed by atoms with Gasteiger partial charge in [-0.3, -0.25) is 9.59 Å². The van der Waals surface area contributed by atoms with Gasteiger partial charge < -0.3 is 28.7 Å². The Morgan fingerprint density at radius 2 is 0.909 bits per heavy atom. The quantitative estimate of drug-likeness (QED) is 0.555. The number of carbonyl (C=O) groups excluding carboxylic acids is 2. The van der Waals surface area contributed by atoms with E-state index >= 15 is 0 Å². The zero-order valence-electron chi connectivity index (χ0n) is 12.8. The number of carbonyl (C=O) groups is 2. The minimum absolute atomic E-state index is 0.00340. The van der Waals surface area contributed by atoms with Crippen molar-refractivity contribution in [1.29, 1.82) is 0 Å². The number of hydrogen-bond acceptors (Lipinski definition) is 6. The molecule has 0 N–H and O–H groups in total. The maximum atomic E-state index is 12.1. The molecule has 3 fully saturated rings. The highest BCUT2D eigenvalue weighted by Gasteiger charge is 2.17. The Balaban J connectivity index is 2.02. The minimum atomic E-state index is -0.0863. The first-order valence-corrected chi connectivity index (χ1v) is 7.64. The van der Waals surface area contributed by atoms with Crippen LogP contribution in [0.25, 0.3) is 0 Å². The van der Waals surface area contributed by atoms with E-state index in [-0.39, 0.29) is 25.0 Å². The SMILES string of the molecule is O=C1COCCOCC(=O)N2CCOCCN1CCOCC2. The van der Waals surface area contributed by atoms with Gasteiger partial charge in [-0.15, -0.1) is 0 Å². The van der Waals surface area contributed by atoms with E-state index in [1.807, 2.05) is 0 Å². The molecule has 0 radical (unpaired) electrons. The van der Waals surface area contributed by atoms with Gasteiger partial charge in [-0.05, 0) is 0 Å². The van der Waals surface area contributed by atoms with Crippen LogP contribution in [0.2, 0.25) is 0 Å². The first-order chi connectivity index (χ1) is 10.8. The average Bonchev–Trinajstić information content (AvgIpc) is 2.50. The third kappa shape index (κ3) is 5.88. The second-order valence-electron chi connectivity index (χ2n) is 5.09. The lowest BCUT2D eigenvalue weighted by molar-refractivity contribution is -0.139. The van der Waals surface area contributed by atoms with Gasteiger partial charge in [0.15, 0.2) is 0 Å². The van der Waals surface area contributed by atoms with Crippen molar-refractivity contribution in [1.82, 2.24) is 9.80 Å². The van der Waals surface area contributed by atoms with Crippen LogP contribution < -0.4 is 0 Å². The van der Waals surface area contributed by atoms with E-state index in [2.05, 4.69) is 0 Å². The van der Waals surface area contributed by atoms with Crippen LogP contribution in [-0.2, 0) is 28.5 Å². The molecule has 0 aliphatic carbocycles. The van der Waals surface area contributed by atoms with Crippen molar-refractivity contribution in [2.75, 3.05) is 79.0 Å². The van der Waals surface area contributed by atoms with Gasteiger partial charge >= 0.3 is 0 Å². The summed E-state index contributed by atoms with van der Waals surface area (Å²) in [6.07, 6.45) is 0. The molecular weight excluding hydrogens is 292 g/mol. The van der Waals surface area contributed by atoms with E-state index < -0.39 is 0 Å². The second kappa shape index (κ2) is 9.73. The van der Waals surface area contributed by atoms with Crippen LogP contribution in [0.4, 0.5) is 0 Å². The zero-order valence-corrected chi connectivity index (χ0v) is 12.8. The molecule has 3 saturated heterocycles. The predicted molar refractivity (Wildman–Crippen MR) is 76.4 cm³/mol. The van der Waals surface area contributed by atoms with Crippen LogP contribution in [0.15, 0.2) is 0 Å². The summed E-state index contributed by atoms with van der Waals surface area (Å²) in [6.45, 7) is 4.31. The standard InChI is InChI=1S/C14H24N2O6/c17-13-11-21-9-10-22-12-14(18)16-3-7-19-5-1-15(13)2-6-20-8-4-16/h1-12H2. The highest BCUT2D eigenvalue weighted by atomic mass is 16.5.